The van der Waals surface area contributed by atoms with Gasteiger partial charge in [0, 0.05) is 26.2 Å². The van der Waals surface area contributed by atoms with Gasteiger partial charge in [-0.25, -0.2) is 4.39 Å². The lowest BCUT2D eigenvalue weighted by atomic mass is 9.91. The molecule has 4 nitrogen and oxygen atoms in total. The van der Waals surface area contributed by atoms with Gasteiger partial charge in [0.2, 0.25) is 5.91 Å². The molecule has 2 fully saturated rings. The van der Waals surface area contributed by atoms with Gasteiger partial charge in [0.25, 0.3) is 0 Å². The van der Waals surface area contributed by atoms with Crippen LogP contribution in [0.4, 0.5) is 4.39 Å². The molecule has 0 bridgehead atoms. The summed E-state index contributed by atoms with van der Waals surface area (Å²) in [4.78, 5) is 17.3. The topological polar surface area (TPSA) is 35.6 Å². The Bertz CT molecular complexity index is 597. The number of likely N-dealkylation sites (tertiary alicyclic amines) is 2. The number of nitrogens with one attached hydrogen (secondary N) is 1. The number of rotatable bonds is 6. The van der Waals surface area contributed by atoms with E-state index in [0.717, 1.165) is 76.4 Å². The Kier molecular flexibility index (Phi) is 11.4. The Balaban J connectivity index is 0.00000196. The summed E-state index contributed by atoms with van der Waals surface area (Å²) in [6.45, 7) is 5.41. The summed E-state index contributed by atoms with van der Waals surface area (Å²) in [6.07, 6.45) is 5.51. The Morgan fingerprint density at radius 3 is 2.61 bits per heavy atom. The minimum absolute atomic E-state index is 0. The van der Waals surface area contributed by atoms with Crippen LogP contribution in [0.1, 0.15) is 37.7 Å². The standard InChI is InChI=1S/C21H32FN3O.2ClH/c1-23-10-7-17-8-12-25(13-9-17)21(26)19-5-3-11-24(16-19)15-18-4-2-6-20(22)14-18;;/h2,4,6,14,17,19,23H,3,5,7-13,15-16H2,1H3;2*1H. The first-order valence-electron chi connectivity index (χ1n) is 10.1. The van der Waals surface area contributed by atoms with Crippen LogP contribution < -0.4 is 5.32 Å². The maximum absolute atomic E-state index is 13.4. The van der Waals surface area contributed by atoms with Gasteiger partial charge in [-0.2, -0.15) is 0 Å². The van der Waals surface area contributed by atoms with Crippen LogP contribution in [-0.2, 0) is 11.3 Å². The number of benzene rings is 1. The van der Waals surface area contributed by atoms with E-state index >= 15 is 0 Å². The van der Waals surface area contributed by atoms with Crippen molar-refractivity contribution in [2.45, 2.75) is 38.6 Å². The lowest BCUT2D eigenvalue weighted by Gasteiger charge is -2.38. The average molecular weight is 434 g/mol. The fourth-order valence-electron chi connectivity index (χ4n) is 4.34. The molecule has 1 aromatic carbocycles. The van der Waals surface area contributed by atoms with Crippen LogP contribution in [0.3, 0.4) is 0 Å². The van der Waals surface area contributed by atoms with Crippen molar-refractivity contribution < 1.29 is 9.18 Å². The monoisotopic (exact) mass is 433 g/mol. The largest absolute Gasteiger partial charge is 0.342 e. The van der Waals surface area contributed by atoms with E-state index in [2.05, 4.69) is 15.1 Å². The van der Waals surface area contributed by atoms with E-state index in [1.54, 1.807) is 12.1 Å². The number of hydrogen-bond donors (Lipinski definition) is 1. The Morgan fingerprint density at radius 2 is 1.93 bits per heavy atom. The van der Waals surface area contributed by atoms with Gasteiger partial charge in [-0.1, -0.05) is 12.1 Å². The van der Waals surface area contributed by atoms with E-state index < -0.39 is 0 Å². The zero-order chi connectivity index (χ0) is 18.4. The highest BCUT2D eigenvalue weighted by molar-refractivity contribution is 5.85. The molecule has 28 heavy (non-hydrogen) atoms. The quantitative estimate of drug-likeness (QED) is 0.741. The number of nitrogens with zero attached hydrogens (tertiary/aromatic N) is 2. The fourth-order valence-corrected chi connectivity index (χ4v) is 4.34. The predicted molar refractivity (Wildman–Crippen MR) is 117 cm³/mol. The molecule has 0 aromatic heterocycles. The number of amides is 1. The van der Waals surface area contributed by atoms with Crippen LogP contribution >= 0.6 is 24.8 Å². The molecule has 1 amide bonds. The maximum atomic E-state index is 13.4. The summed E-state index contributed by atoms with van der Waals surface area (Å²) in [5.41, 5.74) is 0.989. The lowest BCUT2D eigenvalue weighted by molar-refractivity contribution is -0.138. The molecule has 160 valence electrons. The van der Waals surface area contributed by atoms with E-state index in [0.29, 0.717) is 5.91 Å². The van der Waals surface area contributed by atoms with Crippen LogP contribution in [0.2, 0.25) is 0 Å². The molecule has 2 heterocycles. The second kappa shape index (κ2) is 12.6. The third-order valence-electron chi connectivity index (χ3n) is 5.88. The van der Waals surface area contributed by atoms with E-state index in [1.807, 2.05) is 13.1 Å². The fraction of sp³-hybridized carbons (Fsp3) is 0.667. The summed E-state index contributed by atoms with van der Waals surface area (Å²) >= 11 is 0. The second-order valence-electron chi connectivity index (χ2n) is 7.87. The summed E-state index contributed by atoms with van der Waals surface area (Å²) < 4.78 is 13.4. The molecule has 1 N–H and O–H groups in total. The van der Waals surface area contributed by atoms with Crippen LogP contribution in [0.15, 0.2) is 24.3 Å². The summed E-state index contributed by atoms with van der Waals surface area (Å²) in [6, 6.07) is 6.80. The van der Waals surface area contributed by atoms with Crippen LogP contribution in [0, 0.1) is 17.7 Å². The van der Waals surface area contributed by atoms with E-state index in [4.69, 9.17) is 0 Å². The first-order chi connectivity index (χ1) is 12.7. The molecule has 0 aliphatic carbocycles. The van der Waals surface area contributed by atoms with Crippen molar-refractivity contribution in [1.29, 1.82) is 0 Å². The molecule has 1 atom stereocenters. The average Bonchev–Trinajstić information content (AvgIpc) is 2.66. The Morgan fingerprint density at radius 1 is 1.18 bits per heavy atom. The third-order valence-corrected chi connectivity index (χ3v) is 5.88. The van der Waals surface area contributed by atoms with E-state index in [-0.39, 0.29) is 36.5 Å². The Labute approximate surface area is 181 Å². The van der Waals surface area contributed by atoms with Crippen molar-refractivity contribution in [2.75, 3.05) is 39.8 Å². The lowest BCUT2D eigenvalue weighted by Crippen LogP contribution is -2.47. The molecule has 0 radical (unpaired) electrons. The zero-order valence-corrected chi connectivity index (χ0v) is 18.4. The van der Waals surface area contributed by atoms with E-state index in [1.165, 1.54) is 12.5 Å². The van der Waals surface area contributed by atoms with Crippen molar-refractivity contribution in [3.05, 3.63) is 35.6 Å². The SMILES string of the molecule is CNCCC1CCN(C(=O)C2CCCN(Cc3cccc(F)c3)C2)CC1.Cl.Cl. The maximum Gasteiger partial charge on any atom is 0.226 e. The predicted octanol–water partition coefficient (Wildman–Crippen LogP) is 3.73. The number of carbonyl (C=O) groups is 1. The van der Waals surface area contributed by atoms with Crippen LogP contribution in [-0.4, -0.2) is 55.5 Å². The molecule has 1 unspecified atom stereocenters. The highest BCUT2D eigenvalue weighted by atomic mass is 35.5. The molecule has 0 spiro atoms. The van der Waals surface area contributed by atoms with E-state index in [9.17, 15) is 9.18 Å². The molecular weight excluding hydrogens is 400 g/mol. The van der Waals surface area contributed by atoms with Crippen molar-refractivity contribution >= 4 is 30.7 Å². The molecule has 2 aliphatic rings. The molecule has 1 aromatic rings. The molecule has 2 saturated heterocycles. The van der Waals surface area contributed by atoms with Crippen LogP contribution in [0.5, 0.6) is 0 Å². The van der Waals surface area contributed by atoms with Crippen LogP contribution in [0.25, 0.3) is 0 Å². The second-order valence-corrected chi connectivity index (χ2v) is 7.87. The minimum Gasteiger partial charge on any atom is -0.342 e. The van der Waals surface area contributed by atoms with Gasteiger partial charge >= 0.3 is 0 Å². The summed E-state index contributed by atoms with van der Waals surface area (Å²) in [5, 5.41) is 3.22. The molecule has 3 rings (SSSR count). The summed E-state index contributed by atoms with van der Waals surface area (Å²) in [5.74, 6) is 1.00. The van der Waals surface area contributed by atoms with Gasteiger partial charge in [0.05, 0.1) is 5.92 Å². The summed E-state index contributed by atoms with van der Waals surface area (Å²) in [7, 11) is 2.00. The van der Waals surface area contributed by atoms with Gasteiger partial charge in [-0.3, -0.25) is 9.69 Å². The van der Waals surface area contributed by atoms with Gasteiger partial charge < -0.3 is 10.2 Å². The third kappa shape index (κ3) is 7.18. The number of hydrogen-bond acceptors (Lipinski definition) is 3. The van der Waals surface area contributed by atoms with Crippen molar-refractivity contribution in [3.63, 3.8) is 0 Å². The normalized spacial score (nSPS) is 20.9. The number of piperidine rings is 2. The first kappa shape index (κ1) is 25.2. The van der Waals surface area contributed by atoms with Crippen molar-refractivity contribution in [3.8, 4) is 0 Å². The molecule has 7 heteroatoms. The van der Waals surface area contributed by atoms with Crippen molar-refractivity contribution in [1.82, 2.24) is 15.1 Å². The smallest absolute Gasteiger partial charge is 0.226 e. The Hall–Kier alpha value is -0.880. The zero-order valence-electron chi connectivity index (χ0n) is 16.7. The molecular formula is C21H34Cl2FN3O. The van der Waals surface area contributed by atoms with Gasteiger partial charge in [-0.05, 0) is 75.9 Å². The number of halogens is 3. The van der Waals surface area contributed by atoms with Crippen molar-refractivity contribution in [2.24, 2.45) is 11.8 Å². The van der Waals surface area contributed by atoms with Gasteiger partial charge in [0.1, 0.15) is 5.82 Å². The molecule has 0 saturated carbocycles. The minimum atomic E-state index is -0.187. The van der Waals surface area contributed by atoms with Gasteiger partial charge in [0.15, 0.2) is 0 Å². The number of carbonyl (C=O) groups excluding carboxylic acids is 1. The molecule has 2 aliphatic heterocycles. The van der Waals surface area contributed by atoms with Gasteiger partial charge in [-0.15, -0.1) is 24.8 Å². The first-order valence-corrected chi connectivity index (χ1v) is 10.1. The highest BCUT2D eigenvalue weighted by Crippen LogP contribution is 2.25. The highest BCUT2D eigenvalue weighted by Gasteiger charge is 2.31.